The summed E-state index contributed by atoms with van der Waals surface area (Å²) in [6.07, 6.45) is 9.87. The molecule has 0 saturated carbocycles. The van der Waals surface area contributed by atoms with Gasteiger partial charge in [0.25, 0.3) is 0 Å². The van der Waals surface area contributed by atoms with E-state index >= 15 is 0 Å². The Hall–Kier alpha value is -0.120. The maximum Gasteiger partial charge on any atom is 0.0576 e. The zero-order chi connectivity index (χ0) is 13.5. The summed E-state index contributed by atoms with van der Waals surface area (Å²) >= 11 is 0. The third-order valence-corrected chi connectivity index (χ3v) is 4.51. The molecule has 0 bridgehead atoms. The zero-order valence-electron chi connectivity index (χ0n) is 12.9. The second kappa shape index (κ2) is 8.23. The highest BCUT2D eigenvalue weighted by Gasteiger charge is 2.22. The Labute approximate surface area is 119 Å². The van der Waals surface area contributed by atoms with Crippen LogP contribution in [0.15, 0.2) is 0 Å². The lowest BCUT2D eigenvalue weighted by atomic mass is 10.0. The van der Waals surface area contributed by atoms with E-state index in [1.54, 1.807) is 0 Å². The van der Waals surface area contributed by atoms with Gasteiger partial charge in [-0.2, -0.15) is 0 Å². The van der Waals surface area contributed by atoms with Crippen molar-refractivity contribution in [3.63, 3.8) is 0 Å². The topological polar surface area (TPSA) is 24.5 Å². The van der Waals surface area contributed by atoms with Gasteiger partial charge in [-0.3, -0.25) is 4.90 Å². The van der Waals surface area contributed by atoms with Crippen molar-refractivity contribution in [2.75, 3.05) is 26.2 Å². The van der Waals surface area contributed by atoms with Gasteiger partial charge in [0.15, 0.2) is 0 Å². The molecule has 0 spiro atoms. The van der Waals surface area contributed by atoms with E-state index in [9.17, 15) is 0 Å². The number of rotatable bonds is 7. The molecule has 2 atom stereocenters. The average molecular weight is 268 g/mol. The van der Waals surface area contributed by atoms with Gasteiger partial charge in [-0.1, -0.05) is 20.3 Å². The first-order valence-electron chi connectivity index (χ1n) is 8.34. The molecule has 0 aromatic heterocycles. The highest BCUT2D eigenvalue weighted by Crippen LogP contribution is 2.20. The van der Waals surface area contributed by atoms with E-state index in [0.29, 0.717) is 12.1 Å². The highest BCUT2D eigenvalue weighted by molar-refractivity contribution is 4.79. The van der Waals surface area contributed by atoms with Crippen LogP contribution >= 0.6 is 0 Å². The van der Waals surface area contributed by atoms with Crippen molar-refractivity contribution < 1.29 is 4.74 Å². The minimum Gasteiger partial charge on any atom is -0.378 e. The van der Waals surface area contributed by atoms with Crippen molar-refractivity contribution in [1.29, 1.82) is 0 Å². The number of hydrogen-bond donors (Lipinski definition) is 1. The monoisotopic (exact) mass is 268 g/mol. The first kappa shape index (κ1) is 15.3. The number of likely N-dealkylation sites (tertiary alicyclic amines) is 1. The Morgan fingerprint density at radius 2 is 2.11 bits per heavy atom. The van der Waals surface area contributed by atoms with Crippen LogP contribution in [0, 0.1) is 0 Å². The molecule has 2 heterocycles. The van der Waals surface area contributed by atoms with Gasteiger partial charge in [-0.05, 0) is 51.6 Å². The van der Waals surface area contributed by atoms with Crippen LogP contribution in [0.2, 0.25) is 0 Å². The van der Waals surface area contributed by atoms with Crippen LogP contribution in [0.5, 0.6) is 0 Å². The van der Waals surface area contributed by atoms with E-state index in [-0.39, 0.29) is 0 Å². The summed E-state index contributed by atoms with van der Waals surface area (Å²) in [5.41, 5.74) is 0. The van der Waals surface area contributed by atoms with Crippen LogP contribution in [-0.2, 0) is 4.74 Å². The predicted molar refractivity (Wildman–Crippen MR) is 80.6 cm³/mol. The molecule has 0 aromatic carbocycles. The molecule has 2 fully saturated rings. The number of nitrogens with one attached hydrogen (secondary N) is 1. The van der Waals surface area contributed by atoms with Crippen molar-refractivity contribution in [2.24, 2.45) is 0 Å². The molecule has 2 aliphatic rings. The molecule has 0 radical (unpaired) electrons. The van der Waals surface area contributed by atoms with Crippen molar-refractivity contribution in [3.05, 3.63) is 0 Å². The van der Waals surface area contributed by atoms with Gasteiger partial charge in [0.05, 0.1) is 6.10 Å². The molecule has 2 saturated heterocycles. The van der Waals surface area contributed by atoms with Crippen molar-refractivity contribution in [1.82, 2.24) is 10.2 Å². The van der Waals surface area contributed by atoms with Gasteiger partial charge in [-0.25, -0.2) is 0 Å². The Balaban J connectivity index is 1.66. The Morgan fingerprint density at radius 1 is 1.21 bits per heavy atom. The molecule has 1 N–H and O–H groups in total. The lowest BCUT2D eigenvalue weighted by Crippen LogP contribution is -2.47. The van der Waals surface area contributed by atoms with Gasteiger partial charge < -0.3 is 10.1 Å². The average Bonchev–Trinajstić information content (AvgIpc) is 2.91. The lowest BCUT2D eigenvalue weighted by molar-refractivity contribution is 0.0906. The zero-order valence-corrected chi connectivity index (χ0v) is 12.9. The highest BCUT2D eigenvalue weighted by atomic mass is 16.5. The van der Waals surface area contributed by atoms with Gasteiger partial charge >= 0.3 is 0 Å². The first-order chi connectivity index (χ1) is 9.25. The quantitative estimate of drug-likeness (QED) is 0.768. The molecule has 0 amide bonds. The molecule has 3 heteroatoms. The van der Waals surface area contributed by atoms with Crippen molar-refractivity contribution >= 4 is 0 Å². The van der Waals surface area contributed by atoms with Gasteiger partial charge in [0, 0.05) is 25.2 Å². The van der Waals surface area contributed by atoms with Crippen molar-refractivity contribution in [2.45, 2.75) is 77.0 Å². The van der Waals surface area contributed by atoms with E-state index < -0.39 is 0 Å². The van der Waals surface area contributed by atoms with Crippen LogP contribution in [0.3, 0.4) is 0 Å². The molecule has 2 unspecified atom stereocenters. The largest absolute Gasteiger partial charge is 0.378 e. The van der Waals surface area contributed by atoms with E-state index in [2.05, 4.69) is 24.1 Å². The van der Waals surface area contributed by atoms with Crippen LogP contribution < -0.4 is 5.32 Å². The Kier molecular flexibility index (Phi) is 6.62. The number of piperidine rings is 1. The standard InChI is InChI=1S/C16H32N2O/c1-14(2)17-13-15-7-3-4-10-18(15)11-5-8-16-9-6-12-19-16/h14-17H,3-13H2,1-2H3. The minimum atomic E-state index is 0.567. The van der Waals surface area contributed by atoms with E-state index in [0.717, 1.165) is 19.2 Å². The fourth-order valence-electron chi connectivity index (χ4n) is 3.35. The summed E-state index contributed by atoms with van der Waals surface area (Å²) in [6.45, 7) is 9.21. The SMILES string of the molecule is CC(C)NCC1CCCCN1CCCC1CCCO1. The molecule has 2 aliphatic heterocycles. The van der Waals surface area contributed by atoms with Gasteiger partial charge in [0.2, 0.25) is 0 Å². The van der Waals surface area contributed by atoms with E-state index in [4.69, 9.17) is 4.74 Å². The molecular formula is C16H32N2O. The molecule has 112 valence electrons. The Morgan fingerprint density at radius 3 is 2.84 bits per heavy atom. The van der Waals surface area contributed by atoms with E-state index in [1.807, 2.05) is 0 Å². The Bertz CT molecular complexity index is 239. The number of hydrogen-bond acceptors (Lipinski definition) is 3. The maximum atomic E-state index is 5.72. The lowest BCUT2D eigenvalue weighted by Gasteiger charge is -2.36. The maximum absolute atomic E-state index is 5.72. The summed E-state index contributed by atoms with van der Waals surface area (Å²) < 4.78 is 5.72. The summed E-state index contributed by atoms with van der Waals surface area (Å²) in [5.74, 6) is 0. The van der Waals surface area contributed by atoms with Crippen LogP contribution in [-0.4, -0.2) is 49.3 Å². The van der Waals surface area contributed by atoms with Gasteiger partial charge in [0.1, 0.15) is 0 Å². The predicted octanol–water partition coefficient (Wildman–Crippen LogP) is 2.80. The number of nitrogens with zero attached hydrogens (tertiary/aromatic N) is 1. The first-order valence-corrected chi connectivity index (χ1v) is 8.34. The second-order valence-electron chi connectivity index (χ2n) is 6.53. The molecule has 0 aromatic rings. The summed E-state index contributed by atoms with van der Waals surface area (Å²) in [7, 11) is 0. The molecular weight excluding hydrogens is 236 g/mol. The minimum absolute atomic E-state index is 0.567. The van der Waals surface area contributed by atoms with Crippen molar-refractivity contribution in [3.8, 4) is 0 Å². The van der Waals surface area contributed by atoms with Crippen LogP contribution in [0.1, 0.15) is 58.8 Å². The second-order valence-corrected chi connectivity index (χ2v) is 6.53. The van der Waals surface area contributed by atoms with Crippen LogP contribution in [0.4, 0.5) is 0 Å². The molecule has 3 nitrogen and oxygen atoms in total. The van der Waals surface area contributed by atoms with E-state index in [1.165, 1.54) is 58.0 Å². The fourth-order valence-corrected chi connectivity index (χ4v) is 3.35. The number of ether oxygens (including phenoxy) is 1. The normalized spacial score (nSPS) is 29.2. The molecule has 0 aliphatic carbocycles. The smallest absolute Gasteiger partial charge is 0.0576 e. The summed E-state index contributed by atoms with van der Waals surface area (Å²) in [6, 6.07) is 1.37. The molecule has 2 rings (SSSR count). The van der Waals surface area contributed by atoms with Gasteiger partial charge in [-0.15, -0.1) is 0 Å². The molecule has 19 heavy (non-hydrogen) atoms. The third kappa shape index (κ3) is 5.41. The summed E-state index contributed by atoms with van der Waals surface area (Å²) in [4.78, 5) is 2.72. The third-order valence-electron chi connectivity index (χ3n) is 4.51. The van der Waals surface area contributed by atoms with Crippen LogP contribution in [0.25, 0.3) is 0 Å². The fraction of sp³-hybridized carbons (Fsp3) is 1.00. The summed E-state index contributed by atoms with van der Waals surface area (Å²) in [5, 5.41) is 3.61.